The fraction of sp³-hybridized carbons (Fsp3) is 0.333. The molecule has 0 spiro atoms. The summed E-state index contributed by atoms with van der Waals surface area (Å²) >= 11 is 5.83. The number of amides is 1. The minimum absolute atomic E-state index is 0.210. The molecule has 1 aliphatic heterocycles. The van der Waals surface area contributed by atoms with Crippen molar-refractivity contribution < 1.29 is 9.18 Å². The highest BCUT2D eigenvalue weighted by Crippen LogP contribution is 2.17. The van der Waals surface area contributed by atoms with Gasteiger partial charge in [0.05, 0.1) is 5.71 Å². The monoisotopic (exact) mass is 292 g/mol. The third-order valence-corrected chi connectivity index (χ3v) is 3.15. The van der Waals surface area contributed by atoms with E-state index in [0.717, 1.165) is 16.3 Å². The molecule has 104 valence electrons. The van der Waals surface area contributed by atoms with Gasteiger partial charge in [0, 0.05) is 23.9 Å². The Kier molecular flexibility index (Phi) is 4.75. The first kappa shape index (κ1) is 14.5. The second kappa shape index (κ2) is 6.53. The Morgan fingerprint density at radius 1 is 1.40 bits per heavy atom. The normalized spacial score (nSPS) is 16.2. The summed E-state index contributed by atoms with van der Waals surface area (Å²) < 4.78 is 13.1. The molecule has 0 saturated carbocycles. The first-order valence-electron chi connectivity index (χ1n) is 6.41. The highest BCUT2D eigenvalue weighted by molar-refractivity contribution is 6.30. The molecular formula is C15H14ClFN2O. The Labute approximate surface area is 122 Å². The first-order chi connectivity index (χ1) is 9.60. The number of rotatable bonds is 2. The highest BCUT2D eigenvalue weighted by Gasteiger charge is 2.20. The van der Waals surface area contributed by atoms with Crippen molar-refractivity contribution in [2.75, 3.05) is 0 Å². The minimum atomic E-state index is -1.24. The number of hydrogen-bond donors (Lipinski definition) is 0. The maximum absolute atomic E-state index is 13.1. The van der Waals surface area contributed by atoms with Crippen LogP contribution in [-0.2, 0) is 4.79 Å². The first-order valence-corrected chi connectivity index (χ1v) is 6.79. The molecule has 0 fully saturated rings. The molecule has 1 aromatic rings. The standard InChI is InChI=1S/C15H14ClFN2O/c1-2-13(17)9-10-19-15(20)8-7-14(18-19)11-3-5-12(16)6-4-11/h3-6,13H,2,7-8H2,1H3. The number of hydrazone groups is 1. The van der Waals surface area contributed by atoms with Crippen molar-refractivity contribution in [3.63, 3.8) is 0 Å². The number of halogens is 2. The van der Waals surface area contributed by atoms with Gasteiger partial charge >= 0.3 is 0 Å². The van der Waals surface area contributed by atoms with Gasteiger partial charge in [-0.25, -0.2) is 4.39 Å². The number of carbonyl (C=O) groups is 1. The van der Waals surface area contributed by atoms with Gasteiger partial charge in [-0.15, -0.1) is 0 Å². The van der Waals surface area contributed by atoms with Crippen molar-refractivity contribution in [1.29, 1.82) is 0 Å². The topological polar surface area (TPSA) is 32.7 Å². The fourth-order valence-electron chi connectivity index (χ4n) is 1.72. The largest absolute Gasteiger partial charge is 0.272 e. The van der Waals surface area contributed by atoms with E-state index < -0.39 is 6.17 Å². The number of nitrogens with zero attached hydrogens (tertiary/aromatic N) is 2. The summed E-state index contributed by atoms with van der Waals surface area (Å²) in [6.07, 6.45) is -0.0769. The van der Waals surface area contributed by atoms with Crippen molar-refractivity contribution in [2.45, 2.75) is 32.4 Å². The zero-order valence-corrected chi connectivity index (χ0v) is 11.8. The predicted molar refractivity (Wildman–Crippen MR) is 77.0 cm³/mol. The summed E-state index contributed by atoms with van der Waals surface area (Å²) in [6.45, 7) is 1.69. The SMILES string of the molecule is CCC(F)C#CN1N=C(c2ccc(Cl)cc2)CCC1=O. The number of benzene rings is 1. The van der Waals surface area contributed by atoms with Crippen LogP contribution in [0.1, 0.15) is 31.7 Å². The highest BCUT2D eigenvalue weighted by atomic mass is 35.5. The molecule has 0 saturated heterocycles. The Morgan fingerprint density at radius 3 is 2.75 bits per heavy atom. The van der Waals surface area contributed by atoms with Gasteiger partial charge in [0.1, 0.15) is 0 Å². The molecule has 2 rings (SSSR count). The molecule has 20 heavy (non-hydrogen) atoms. The van der Waals surface area contributed by atoms with E-state index in [1.165, 1.54) is 0 Å². The van der Waals surface area contributed by atoms with Crippen LogP contribution in [0.3, 0.4) is 0 Å². The van der Waals surface area contributed by atoms with E-state index in [0.29, 0.717) is 24.3 Å². The number of alkyl halides is 1. The van der Waals surface area contributed by atoms with Gasteiger partial charge in [0.15, 0.2) is 6.17 Å². The molecule has 1 aliphatic rings. The molecule has 1 unspecified atom stereocenters. The average molecular weight is 293 g/mol. The lowest BCUT2D eigenvalue weighted by molar-refractivity contribution is -0.128. The van der Waals surface area contributed by atoms with Gasteiger partial charge in [0.2, 0.25) is 0 Å². The summed E-state index contributed by atoms with van der Waals surface area (Å²) in [5, 5.41) is 5.86. The molecule has 0 aromatic heterocycles. The molecule has 0 aliphatic carbocycles. The molecule has 1 amide bonds. The van der Waals surface area contributed by atoms with Crippen LogP contribution in [0.4, 0.5) is 4.39 Å². The van der Waals surface area contributed by atoms with Crippen LogP contribution in [0.25, 0.3) is 0 Å². The zero-order valence-electron chi connectivity index (χ0n) is 11.1. The van der Waals surface area contributed by atoms with Crippen LogP contribution in [0.2, 0.25) is 5.02 Å². The Morgan fingerprint density at radius 2 is 2.10 bits per heavy atom. The smallest absolute Gasteiger partial charge is 0.255 e. The lowest BCUT2D eigenvalue weighted by Crippen LogP contribution is -2.28. The van der Waals surface area contributed by atoms with Gasteiger partial charge in [0.25, 0.3) is 5.91 Å². The second-order valence-electron chi connectivity index (χ2n) is 4.39. The summed E-state index contributed by atoms with van der Waals surface area (Å²) in [5.41, 5.74) is 1.64. The molecule has 5 heteroatoms. The number of carbonyl (C=O) groups excluding carboxylic acids is 1. The molecule has 3 nitrogen and oxygen atoms in total. The average Bonchev–Trinajstić information content (AvgIpc) is 2.47. The van der Waals surface area contributed by atoms with Crippen molar-refractivity contribution >= 4 is 23.2 Å². The van der Waals surface area contributed by atoms with Crippen LogP contribution in [0.5, 0.6) is 0 Å². The molecule has 1 atom stereocenters. The second-order valence-corrected chi connectivity index (χ2v) is 4.83. The van der Waals surface area contributed by atoms with Crippen molar-refractivity contribution in [3.05, 3.63) is 34.9 Å². The third kappa shape index (κ3) is 3.58. The summed E-state index contributed by atoms with van der Waals surface area (Å²) in [4.78, 5) is 11.7. The Balaban J connectivity index is 2.23. The van der Waals surface area contributed by atoms with E-state index >= 15 is 0 Å². The van der Waals surface area contributed by atoms with Gasteiger partial charge < -0.3 is 0 Å². The molecule has 0 bridgehead atoms. The van der Waals surface area contributed by atoms with Crippen LogP contribution < -0.4 is 0 Å². The number of hydrogen-bond acceptors (Lipinski definition) is 2. The summed E-state index contributed by atoms with van der Waals surface area (Å²) in [5.74, 6) is 2.16. The van der Waals surface area contributed by atoms with Crippen LogP contribution in [0, 0.1) is 12.0 Å². The maximum atomic E-state index is 13.1. The van der Waals surface area contributed by atoms with Crippen LogP contribution >= 0.6 is 11.6 Å². The van der Waals surface area contributed by atoms with E-state index in [9.17, 15) is 9.18 Å². The van der Waals surface area contributed by atoms with E-state index in [4.69, 9.17) is 11.6 Å². The van der Waals surface area contributed by atoms with Crippen LogP contribution in [-0.4, -0.2) is 22.8 Å². The van der Waals surface area contributed by atoms with E-state index in [2.05, 4.69) is 17.1 Å². The quantitative estimate of drug-likeness (QED) is 0.769. The lowest BCUT2D eigenvalue weighted by atomic mass is 10.0. The molecule has 1 heterocycles. The van der Waals surface area contributed by atoms with Crippen molar-refractivity contribution in [3.8, 4) is 12.0 Å². The minimum Gasteiger partial charge on any atom is -0.272 e. The zero-order chi connectivity index (χ0) is 14.5. The molecule has 0 N–H and O–H groups in total. The lowest BCUT2D eigenvalue weighted by Gasteiger charge is -2.18. The third-order valence-electron chi connectivity index (χ3n) is 2.90. The van der Waals surface area contributed by atoms with Crippen molar-refractivity contribution in [2.24, 2.45) is 5.10 Å². The van der Waals surface area contributed by atoms with E-state index in [1.807, 2.05) is 12.1 Å². The van der Waals surface area contributed by atoms with Gasteiger partial charge in [-0.3, -0.25) is 4.79 Å². The van der Waals surface area contributed by atoms with E-state index in [-0.39, 0.29) is 5.91 Å². The Hall–Kier alpha value is -1.86. The summed E-state index contributed by atoms with van der Waals surface area (Å²) in [6, 6.07) is 9.69. The van der Waals surface area contributed by atoms with Gasteiger partial charge in [-0.2, -0.15) is 10.1 Å². The van der Waals surface area contributed by atoms with Crippen molar-refractivity contribution in [1.82, 2.24) is 5.01 Å². The fourth-order valence-corrected chi connectivity index (χ4v) is 1.85. The summed E-state index contributed by atoms with van der Waals surface area (Å²) in [7, 11) is 0. The van der Waals surface area contributed by atoms with E-state index in [1.54, 1.807) is 19.1 Å². The predicted octanol–water partition coefficient (Wildman–Crippen LogP) is 3.38. The molecule has 1 aromatic carbocycles. The molecule has 0 radical (unpaired) electrons. The Bertz CT molecular complexity index is 586. The van der Waals surface area contributed by atoms with Crippen LogP contribution in [0.15, 0.2) is 29.4 Å². The van der Waals surface area contributed by atoms with Gasteiger partial charge in [-0.1, -0.05) is 30.7 Å². The molecular weight excluding hydrogens is 279 g/mol. The maximum Gasteiger partial charge on any atom is 0.255 e. The van der Waals surface area contributed by atoms with Gasteiger partial charge in [-0.05, 0) is 30.0 Å².